The molecule has 8 nitrogen and oxygen atoms in total. The van der Waals surface area contributed by atoms with Gasteiger partial charge in [0.05, 0.1) is 17.5 Å². The van der Waals surface area contributed by atoms with Crippen molar-refractivity contribution in [2.75, 3.05) is 26.2 Å². The van der Waals surface area contributed by atoms with Gasteiger partial charge in [0.25, 0.3) is 12.4 Å². The Morgan fingerprint density at radius 2 is 2.12 bits per heavy atom. The van der Waals surface area contributed by atoms with Crippen LogP contribution in [-0.4, -0.2) is 63.4 Å². The van der Waals surface area contributed by atoms with Crippen LogP contribution < -0.4 is 0 Å². The van der Waals surface area contributed by atoms with Gasteiger partial charge in [-0.1, -0.05) is 6.92 Å². The number of furan rings is 1. The second kappa shape index (κ2) is 10.3. The molecule has 0 radical (unpaired) electrons. The van der Waals surface area contributed by atoms with E-state index in [1.165, 1.54) is 12.5 Å². The van der Waals surface area contributed by atoms with E-state index in [0.717, 1.165) is 57.1 Å². The lowest BCUT2D eigenvalue weighted by molar-refractivity contribution is -0.122. The fourth-order valence-electron chi connectivity index (χ4n) is 2.83. The van der Waals surface area contributed by atoms with Gasteiger partial charge in [0, 0.05) is 45.3 Å². The minimum Gasteiger partial charge on any atom is -0.483 e. The highest BCUT2D eigenvalue weighted by atomic mass is 16.3. The molecule has 3 rings (SSSR count). The Morgan fingerprint density at radius 3 is 2.81 bits per heavy atom. The van der Waals surface area contributed by atoms with Crippen molar-refractivity contribution < 1.29 is 19.1 Å². The molecule has 1 aliphatic heterocycles. The normalized spacial score (nSPS) is 14.9. The molecule has 1 saturated heterocycles. The molecule has 1 amide bonds. The van der Waals surface area contributed by atoms with Crippen molar-refractivity contribution in [2.24, 2.45) is 0 Å². The number of aryl methyl sites for hydroxylation is 1. The van der Waals surface area contributed by atoms with Crippen LogP contribution in [0.25, 0.3) is 0 Å². The molecule has 1 aliphatic rings. The Bertz CT molecular complexity index is 690. The topological polar surface area (TPSA) is 99.8 Å². The minimum atomic E-state index is -0.250. The molecule has 3 heterocycles. The van der Waals surface area contributed by atoms with Crippen molar-refractivity contribution in [2.45, 2.75) is 26.3 Å². The van der Waals surface area contributed by atoms with Gasteiger partial charge in [0.2, 0.25) is 0 Å². The monoisotopic (exact) mass is 360 g/mol. The fourth-order valence-corrected chi connectivity index (χ4v) is 2.83. The van der Waals surface area contributed by atoms with Gasteiger partial charge < -0.3 is 14.4 Å². The van der Waals surface area contributed by atoms with E-state index in [2.05, 4.69) is 21.8 Å². The number of aromatic nitrogens is 2. The molecule has 8 heteroatoms. The molecule has 0 saturated carbocycles. The number of rotatable bonds is 4. The molecule has 0 unspecified atom stereocenters. The van der Waals surface area contributed by atoms with Crippen LogP contribution in [0.2, 0.25) is 0 Å². The number of carbonyl (C=O) groups is 2. The molecular formula is C18H24N4O4. The summed E-state index contributed by atoms with van der Waals surface area (Å²) in [6.45, 7) is 5.96. The molecule has 0 aromatic carbocycles. The van der Waals surface area contributed by atoms with E-state index in [-0.39, 0.29) is 12.4 Å². The van der Waals surface area contributed by atoms with Crippen LogP contribution in [0, 0.1) is 0 Å². The van der Waals surface area contributed by atoms with E-state index in [1.54, 1.807) is 6.07 Å². The summed E-state index contributed by atoms with van der Waals surface area (Å²) < 4.78 is 5.01. The number of nitrogens with zero attached hydrogens (tertiary/aromatic N) is 4. The predicted octanol–water partition coefficient (Wildman–Crippen LogP) is 1.68. The summed E-state index contributed by atoms with van der Waals surface area (Å²) >= 11 is 0. The number of hydrogen-bond donors (Lipinski definition) is 1. The average Bonchev–Trinajstić information content (AvgIpc) is 3.09. The van der Waals surface area contributed by atoms with E-state index < -0.39 is 0 Å². The molecule has 2 aromatic rings. The van der Waals surface area contributed by atoms with Crippen molar-refractivity contribution in [3.63, 3.8) is 0 Å². The lowest BCUT2D eigenvalue weighted by Crippen LogP contribution is -2.35. The van der Waals surface area contributed by atoms with E-state index in [9.17, 15) is 4.79 Å². The summed E-state index contributed by atoms with van der Waals surface area (Å²) in [6, 6.07) is 3.69. The average molecular weight is 360 g/mol. The highest BCUT2D eigenvalue weighted by Crippen LogP contribution is 2.11. The summed E-state index contributed by atoms with van der Waals surface area (Å²) in [4.78, 5) is 33.8. The molecule has 0 aliphatic carbocycles. The van der Waals surface area contributed by atoms with Gasteiger partial charge in [-0.05, 0) is 18.6 Å². The van der Waals surface area contributed by atoms with Crippen molar-refractivity contribution in [3.8, 4) is 0 Å². The second-order valence-electron chi connectivity index (χ2n) is 5.86. The summed E-state index contributed by atoms with van der Waals surface area (Å²) in [6.07, 6.45) is 6.69. The molecule has 26 heavy (non-hydrogen) atoms. The first kappa shape index (κ1) is 19.6. The van der Waals surface area contributed by atoms with Gasteiger partial charge in [-0.25, -0.2) is 9.97 Å². The third kappa shape index (κ3) is 5.66. The molecule has 0 bridgehead atoms. The van der Waals surface area contributed by atoms with Gasteiger partial charge in [0.1, 0.15) is 12.1 Å². The zero-order valence-electron chi connectivity index (χ0n) is 14.9. The van der Waals surface area contributed by atoms with E-state index >= 15 is 0 Å². The van der Waals surface area contributed by atoms with E-state index in [4.69, 9.17) is 14.3 Å². The Labute approximate surface area is 152 Å². The van der Waals surface area contributed by atoms with Crippen LogP contribution in [0.15, 0.2) is 35.3 Å². The first-order valence-corrected chi connectivity index (χ1v) is 8.60. The van der Waals surface area contributed by atoms with Crippen LogP contribution in [0.4, 0.5) is 0 Å². The summed E-state index contributed by atoms with van der Waals surface area (Å²) in [7, 11) is 0. The number of carboxylic acid groups (broad SMARTS) is 1. The molecule has 140 valence electrons. The van der Waals surface area contributed by atoms with Crippen LogP contribution in [0.3, 0.4) is 0 Å². The molecule has 0 atom stereocenters. The van der Waals surface area contributed by atoms with E-state index in [0.29, 0.717) is 5.56 Å². The maximum absolute atomic E-state index is 12.4. The third-order valence-corrected chi connectivity index (χ3v) is 4.11. The van der Waals surface area contributed by atoms with Gasteiger partial charge in [-0.3, -0.25) is 14.5 Å². The highest BCUT2D eigenvalue weighted by molar-refractivity contribution is 5.93. The number of amides is 1. The first-order valence-electron chi connectivity index (χ1n) is 8.60. The summed E-state index contributed by atoms with van der Waals surface area (Å²) in [5.74, 6) is 0.935. The summed E-state index contributed by atoms with van der Waals surface area (Å²) in [5.41, 5.74) is 1.67. The Balaban J connectivity index is 0.000000758. The zero-order chi connectivity index (χ0) is 18.8. The highest BCUT2D eigenvalue weighted by Gasteiger charge is 2.21. The molecule has 2 aromatic heterocycles. The first-order chi connectivity index (χ1) is 12.7. The van der Waals surface area contributed by atoms with Crippen molar-refractivity contribution in [3.05, 3.63) is 47.9 Å². The van der Waals surface area contributed by atoms with Gasteiger partial charge in [0.15, 0.2) is 0 Å². The van der Waals surface area contributed by atoms with Crippen LogP contribution in [-0.2, 0) is 17.8 Å². The fraction of sp³-hybridized carbons (Fsp3) is 0.444. The quantitative estimate of drug-likeness (QED) is 0.828. The Kier molecular flexibility index (Phi) is 7.75. The van der Waals surface area contributed by atoms with Gasteiger partial charge in [-0.15, -0.1) is 0 Å². The third-order valence-electron chi connectivity index (χ3n) is 4.11. The lowest BCUT2D eigenvalue weighted by atomic mass is 10.3. The predicted molar refractivity (Wildman–Crippen MR) is 94.6 cm³/mol. The van der Waals surface area contributed by atoms with Crippen LogP contribution in [0.1, 0.15) is 35.2 Å². The zero-order valence-corrected chi connectivity index (χ0v) is 14.9. The summed E-state index contributed by atoms with van der Waals surface area (Å²) in [5, 5.41) is 6.89. The number of carbonyl (C=O) groups excluding carboxylic acids is 1. The largest absolute Gasteiger partial charge is 0.483 e. The maximum atomic E-state index is 12.4. The van der Waals surface area contributed by atoms with Gasteiger partial charge >= 0.3 is 0 Å². The Hall–Kier alpha value is -2.74. The van der Waals surface area contributed by atoms with E-state index in [1.807, 2.05) is 17.2 Å². The lowest BCUT2D eigenvalue weighted by Gasteiger charge is -2.21. The number of hydrogen-bond acceptors (Lipinski definition) is 6. The smallest absolute Gasteiger partial charge is 0.290 e. The van der Waals surface area contributed by atoms with Crippen LogP contribution >= 0.6 is 0 Å². The molecular weight excluding hydrogens is 336 g/mol. The minimum absolute atomic E-state index is 0.0518. The molecule has 1 N–H and O–H groups in total. The molecule has 1 fully saturated rings. The van der Waals surface area contributed by atoms with Crippen molar-refractivity contribution in [1.29, 1.82) is 0 Å². The maximum Gasteiger partial charge on any atom is 0.290 e. The Morgan fingerprint density at radius 1 is 1.31 bits per heavy atom. The van der Waals surface area contributed by atoms with Crippen molar-refractivity contribution in [1.82, 2.24) is 19.8 Å². The van der Waals surface area contributed by atoms with Crippen LogP contribution in [0.5, 0.6) is 0 Å². The standard InChI is InChI=1S/C17H22N4O2.CH2O2/c1-2-16-18-6-4-15(19-16)12-20-7-3-8-21(10-9-20)17(22)14-5-11-23-13-14;2-1-3/h4-6,11,13H,2-3,7-10,12H2,1H3;1H,(H,2,3). The SMILES string of the molecule is CCc1nccc(CN2CCCN(C(=O)c3ccoc3)CC2)n1.O=CO. The second-order valence-corrected chi connectivity index (χ2v) is 5.86. The van der Waals surface area contributed by atoms with Crippen molar-refractivity contribution >= 4 is 12.4 Å². The molecule has 0 spiro atoms. The van der Waals surface area contributed by atoms with Gasteiger partial charge in [-0.2, -0.15) is 0 Å².